The van der Waals surface area contributed by atoms with E-state index in [1.54, 1.807) is 11.3 Å². The van der Waals surface area contributed by atoms with Crippen LogP contribution in [0.4, 0.5) is 0 Å². The first-order valence-corrected chi connectivity index (χ1v) is 6.77. The molecule has 0 bridgehead atoms. The zero-order valence-corrected chi connectivity index (χ0v) is 11.5. The molecule has 0 aliphatic carbocycles. The second kappa shape index (κ2) is 5.63. The number of aryl methyl sites for hydroxylation is 1. The van der Waals surface area contributed by atoms with E-state index in [9.17, 15) is 0 Å². The van der Waals surface area contributed by atoms with Crippen molar-refractivity contribution in [3.05, 3.63) is 39.9 Å². The molecule has 0 fully saturated rings. The minimum Gasteiger partial charge on any atom is -0.319 e. The summed E-state index contributed by atoms with van der Waals surface area (Å²) in [6.45, 7) is 3.05. The Morgan fingerprint density at radius 3 is 2.94 bits per heavy atom. The molecule has 0 saturated carbocycles. The van der Waals surface area contributed by atoms with Gasteiger partial charge in [-0.1, -0.05) is 23.7 Å². The molecule has 0 saturated heterocycles. The van der Waals surface area contributed by atoms with Crippen LogP contribution in [0.5, 0.6) is 0 Å². The Bertz CT molecular complexity index is 508. The summed E-state index contributed by atoms with van der Waals surface area (Å²) in [5.74, 6) is 0. The third kappa shape index (κ3) is 3.06. The average Bonchev–Trinajstić information content (AvgIpc) is 2.68. The van der Waals surface area contributed by atoms with Crippen LogP contribution in [-0.2, 0) is 6.42 Å². The van der Waals surface area contributed by atoms with Crippen molar-refractivity contribution in [1.29, 1.82) is 0 Å². The van der Waals surface area contributed by atoms with Gasteiger partial charge in [-0.3, -0.25) is 0 Å². The van der Waals surface area contributed by atoms with Gasteiger partial charge in [0, 0.05) is 15.5 Å². The Morgan fingerprint density at radius 1 is 1.41 bits per heavy atom. The maximum atomic E-state index is 5.99. The molecule has 0 aliphatic heterocycles. The average molecular weight is 267 g/mol. The van der Waals surface area contributed by atoms with E-state index in [2.05, 4.69) is 17.2 Å². The van der Waals surface area contributed by atoms with Crippen molar-refractivity contribution >= 4 is 22.9 Å². The summed E-state index contributed by atoms with van der Waals surface area (Å²) in [5, 5.41) is 4.97. The molecule has 1 N–H and O–H groups in total. The minimum atomic E-state index is 0.757. The molecule has 4 heteroatoms. The number of nitrogens with zero attached hydrogens (tertiary/aromatic N) is 1. The van der Waals surface area contributed by atoms with Gasteiger partial charge in [0.1, 0.15) is 5.01 Å². The lowest BCUT2D eigenvalue weighted by molar-refractivity contribution is 0.795. The first-order valence-electron chi connectivity index (χ1n) is 5.57. The second-order valence-electron chi connectivity index (χ2n) is 3.89. The van der Waals surface area contributed by atoms with Crippen molar-refractivity contribution in [2.24, 2.45) is 0 Å². The molecule has 1 aromatic heterocycles. The van der Waals surface area contributed by atoms with Gasteiger partial charge in [-0.25, -0.2) is 4.98 Å². The van der Waals surface area contributed by atoms with Crippen LogP contribution >= 0.6 is 22.9 Å². The van der Waals surface area contributed by atoms with Crippen LogP contribution in [0.1, 0.15) is 10.6 Å². The summed E-state index contributed by atoms with van der Waals surface area (Å²) in [5.41, 5.74) is 2.22. The van der Waals surface area contributed by atoms with E-state index < -0.39 is 0 Å². The van der Waals surface area contributed by atoms with Gasteiger partial charge in [-0.15, -0.1) is 11.3 Å². The Morgan fingerprint density at radius 2 is 2.24 bits per heavy atom. The lowest BCUT2D eigenvalue weighted by Gasteiger charge is -1.96. The van der Waals surface area contributed by atoms with Gasteiger partial charge in [0.2, 0.25) is 0 Å². The van der Waals surface area contributed by atoms with E-state index in [-0.39, 0.29) is 0 Å². The molecular formula is C13H15ClN2S. The lowest BCUT2D eigenvalue weighted by atomic mass is 10.2. The van der Waals surface area contributed by atoms with Crippen LogP contribution < -0.4 is 5.32 Å². The number of benzene rings is 1. The smallest absolute Gasteiger partial charge is 0.123 e. The van der Waals surface area contributed by atoms with E-state index in [0.717, 1.165) is 34.3 Å². The number of likely N-dealkylation sites (N-methyl/N-ethyl adjacent to an activating group) is 1. The zero-order valence-electron chi connectivity index (χ0n) is 9.96. The summed E-state index contributed by atoms with van der Waals surface area (Å²) in [6, 6.07) is 7.85. The number of aromatic nitrogens is 1. The van der Waals surface area contributed by atoms with Crippen molar-refractivity contribution in [2.75, 3.05) is 13.6 Å². The predicted molar refractivity (Wildman–Crippen MR) is 74.9 cm³/mol. The molecule has 0 atom stereocenters. The number of nitrogens with one attached hydrogen (secondary N) is 1. The van der Waals surface area contributed by atoms with Crippen LogP contribution in [0.2, 0.25) is 5.02 Å². The van der Waals surface area contributed by atoms with Crippen LogP contribution in [0, 0.1) is 6.92 Å². The van der Waals surface area contributed by atoms with Gasteiger partial charge in [0.25, 0.3) is 0 Å². The normalized spacial score (nSPS) is 10.8. The topological polar surface area (TPSA) is 24.9 Å². The minimum absolute atomic E-state index is 0.757. The molecule has 2 aromatic rings. The summed E-state index contributed by atoms with van der Waals surface area (Å²) < 4.78 is 0. The maximum absolute atomic E-state index is 5.99. The second-order valence-corrected chi connectivity index (χ2v) is 5.41. The van der Waals surface area contributed by atoms with Crippen LogP contribution in [0.3, 0.4) is 0 Å². The van der Waals surface area contributed by atoms with E-state index in [4.69, 9.17) is 11.6 Å². The highest BCUT2D eigenvalue weighted by atomic mass is 35.5. The van der Waals surface area contributed by atoms with Crippen LogP contribution in [-0.4, -0.2) is 18.6 Å². The molecule has 1 aromatic carbocycles. The van der Waals surface area contributed by atoms with Gasteiger partial charge in [0.15, 0.2) is 0 Å². The monoisotopic (exact) mass is 266 g/mol. The first-order chi connectivity index (χ1) is 8.20. The van der Waals surface area contributed by atoms with Crippen molar-refractivity contribution in [3.63, 3.8) is 0 Å². The van der Waals surface area contributed by atoms with Gasteiger partial charge in [-0.05, 0) is 39.1 Å². The quantitative estimate of drug-likeness (QED) is 0.916. The number of halogens is 1. The highest BCUT2D eigenvalue weighted by Gasteiger charge is 2.09. The maximum Gasteiger partial charge on any atom is 0.123 e. The molecular weight excluding hydrogens is 252 g/mol. The van der Waals surface area contributed by atoms with Gasteiger partial charge >= 0.3 is 0 Å². The van der Waals surface area contributed by atoms with Crippen molar-refractivity contribution in [3.8, 4) is 10.6 Å². The summed E-state index contributed by atoms with van der Waals surface area (Å²) in [6.07, 6.45) is 1.03. The Kier molecular flexibility index (Phi) is 4.15. The van der Waals surface area contributed by atoms with E-state index in [0.29, 0.717) is 0 Å². The lowest BCUT2D eigenvalue weighted by Crippen LogP contribution is -2.09. The Balaban J connectivity index is 2.28. The Hall–Kier alpha value is -0.900. The predicted octanol–water partition coefficient (Wildman–Crippen LogP) is 3.53. The zero-order chi connectivity index (χ0) is 12.3. The summed E-state index contributed by atoms with van der Waals surface area (Å²) >= 11 is 7.74. The SMILES string of the molecule is CNCCc1sc(-c2cccc(Cl)c2)nc1C. The fourth-order valence-corrected chi connectivity index (χ4v) is 2.89. The molecule has 0 radical (unpaired) electrons. The molecule has 0 spiro atoms. The molecule has 0 unspecified atom stereocenters. The molecule has 0 amide bonds. The molecule has 2 nitrogen and oxygen atoms in total. The third-order valence-electron chi connectivity index (χ3n) is 2.57. The third-order valence-corrected chi connectivity index (χ3v) is 4.07. The van der Waals surface area contributed by atoms with Gasteiger partial charge in [0.05, 0.1) is 5.69 Å². The van der Waals surface area contributed by atoms with Crippen LogP contribution in [0.15, 0.2) is 24.3 Å². The Labute approximate surface area is 111 Å². The molecule has 1 heterocycles. The fourth-order valence-electron chi connectivity index (χ4n) is 1.64. The standard InChI is InChI=1S/C13H15ClN2S/c1-9-12(6-7-15-2)17-13(16-9)10-4-3-5-11(14)8-10/h3-5,8,15H,6-7H2,1-2H3. The van der Waals surface area contributed by atoms with Crippen molar-refractivity contribution in [2.45, 2.75) is 13.3 Å². The number of hydrogen-bond donors (Lipinski definition) is 1. The van der Waals surface area contributed by atoms with Gasteiger partial charge < -0.3 is 5.32 Å². The van der Waals surface area contributed by atoms with E-state index >= 15 is 0 Å². The molecule has 0 aliphatic rings. The van der Waals surface area contributed by atoms with Crippen LogP contribution in [0.25, 0.3) is 10.6 Å². The van der Waals surface area contributed by atoms with E-state index in [1.165, 1.54) is 4.88 Å². The number of hydrogen-bond acceptors (Lipinski definition) is 3. The molecule has 90 valence electrons. The fraction of sp³-hybridized carbons (Fsp3) is 0.308. The van der Waals surface area contributed by atoms with E-state index in [1.807, 2.05) is 31.3 Å². The number of rotatable bonds is 4. The first kappa shape index (κ1) is 12.6. The highest BCUT2D eigenvalue weighted by molar-refractivity contribution is 7.15. The van der Waals surface area contributed by atoms with Crippen molar-refractivity contribution < 1.29 is 0 Å². The number of thiazole rings is 1. The summed E-state index contributed by atoms with van der Waals surface area (Å²) in [4.78, 5) is 5.95. The molecule has 17 heavy (non-hydrogen) atoms. The summed E-state index contributed by atoms with van der Waals surface area (Å²) in [7, 11) is 1.97. The van der Waals surface area contributed by atoms with Gasteiger partial charge in [-0.2, -0.15) is 0 Å². The van der Waals surface area contributed by atoms with Crippen molar-refractivity contribution in [1.82, 2.24) is 10.3 Å². The largest absolute Gasteiger partial charge is 0.319 e. The highest BCUT2D eigenvalue weighted by Crippen LogP contribution is 2.29. The molecule has 2 rings (SSSR count).